The summed E-state index contributed by atoms with van der Waals surface area (Å²) < 4.78 is 28.3. The Morgan fingerprint density at radius 1 is 1.14 bits per heavy atom. The number of rotatable bonds is 5. The normalized spacial score (nSPS) is 16.5. The molecule has 4 heterocycles. The molecule has 11 heteroatoms. The number of aromatic amines is 1. The highest BCUT2D eigenvalue weighted by molar-refractivity contribution is 6.31. The van der Waals surface area contributed by atoms with Gasteiger partial charge in [0.25, 0.3) is 0 Å². The van der Waals surface area contributed by atoms with Crippen LogP contribution in [0.15, 0.2) is 42.7 Å². The minimum absolute atomic E-state index is 0.0202. The van der Waals surface area contributed by atoms with Crippen LogP contribution in [0.1, 0.15) is 13.8 Å². The van der Waals surface area contributed by atoms with Crippen LogP contribution in [0.5, 0.6) is 0 Å². The van der Waals surface area contributed by atoms with Gasteiger partial charge in [-0.05, 0) is 38.1 Å². The van der Waals surface area contributed by atoms with Crippen molar-refractivity contribution in [2.24, 2.45) is 0 Å². The summed E-state index contributed by atoms with van der Waals surface area (Å²) in [6, 6.07) is 7.46. The number of hydrogen-bond donors (Lipinski definition) is 2. The van der Waals surface area contributed by atoms with Crippen molar-refractivity contribution in [1.29, 1.82) is 0 Å². The maximum Gasteiger partial charge on any atom is 0.238 e. The molecule has 37 heavy (non-hydrogen) atoms. The number of carbonyl (C=O) groups excluding carboxylic acids is 1. The molecule has 0 spiro atoms. The van der Waals surface area contributed by atoms with E-state index < -0.39 is 11.6 Å². The molecular weight excluding hydrogens is 500 g/mol. The molecule has 0 radical (unpaired) electrons. The SMILES string of the molecule is CNC(=O)[C@H]1CN(c2cnc3ccc(-c4c[nH]nc4-c4cc(Cl)c(F)cc4F)nc3c2)CCN1C(C)C. The number of hydrogen-bond acceptors (Lipinski definition) is 6. The number of amides is 1. The number of piperazine rings is 1. The highest BCUT2D eigenvalue weighted by Gasteiger charge is 2.33. The molecule has 0 unspecified atom stereocenters. The van der Waals surface area contributed by atoms with E-state index in [0.717, 1.165) is 24.8 Å². The van der Waals surface area contributed by atoms with E-state index in [9.17, 15) is 13.6 Å². The molecule has 192 valence electrons. The molecule has 1 atom stereocenters. The highest BCUT2D eigenvalue weighted by atomic mass is 35.5. The van der Waals surface area contributed by atoms with Crippen LogP contribution in [0.3, 0.4) is 0 Å². The molecule has 1 aliphatic rings. The first-order valence-corrected chi connectivity index (χ1v) is 12.3. The number of halogens is 3. The minimum Gasteiger partial charge on any atom is -0.367 e. The number of H-pyrrole nitrogens is 1. The molecule has 5 rings (SSSR count). The number of fused-ring (bicyclic) bond motifs is 1. The summed E-state index contributed by atoms with van der Waals surface area (Å²) in [7, 11) is 1.65. The van der Waals surface area contributed by atoms with Gasteiger partial charge in [-0.1, -0.05) is 11.6 Å². The van der Waals surface area contributed by atoms with Crippen molar-refractivity contribution in [3.63, 3.8) is 0 Å². The van der Waals surface area contributed by atoms with E-state index in [1.165, 1.54) is 6.07 Å². The van der Waals surface area contributed by atoms with Crippen LogP contribution >= 0.6 is 11.6 Å². The van der Waals surface area contributed by atoms with Gasteiger partial charge in [-0.3, -0.25) is 19.8 Å². The second-order valence-corrected chi connectivity index (χ2v) is 9.64. The van der Waals surface area contributed by atoms with E-state index in [1.54, 1.807) is 25.5 Å². The van der Waals surface area contributed by atoms with Crippen molar-refractivity contribution in [3.05, 3.63) is 59.4 Å². The number of anilines is 1. The molecule has 1 fully saturated rings. The fraction of sp³-hybridized carbons (Fsp3) is 0.308. The van der Waals surface area contributed by atoms with Gasteiger partial charge < -0.3 is 10.2 Å². The van der Waals surface area contributed by atoms with Crippen LogP contribution in [-0.2, 0) is 4.79 Å². The first kappa shape index (κ1) is 25.0. The lowest BCUT2D eigenvalue weighted by atomic mass is 10.0. The maximum absolute atomic E-state index is 14.6. The molecule has 3 aromatic heterocycles. The van der Waals surface area contributed by atoms with E-state index in [4.69, 9.17) is 16.6 Å². The van der Waals surface area contributed by atoms with Crippen molar-refractivity contribution in [1.82, 2.24) is 30.4 Å². The smallest absolute Gasteiger partial charge is 0.238 e. The third-order valence-corrected chi connectivity index (χ3v) is 6.99. The first-order chi connectivity index (χ1) is 17.8. The third-order valence-electron chi connectivity index (χ3n) is 6.70. The Labute approximate surface area is 217 Å². The second kappa shape index (κ2) is 10.0. The lowest BCUT2D eigenvalue weighted by molar-refractivity contribution is -0.126. The van der Waals surface area contributed by atoms with Gasteiger partial charge in [0.15, 0.2) is 0 Å². The van der Waals surface area contributed by atoms with E-state index >= 15 is 0 Å². The summed E-state index contributed by atoms with van der Waals surface area (Å²) in [6.07, 6.45) is 3.39. The average Bonchev–Trinajstić information content (AvgIpc) is 3.39. The monoisotopic (exact) mass is 525 g/mol. The summed E-state index contributed by atoms with van der Waals surface area (Å²) in [4.78, 5) is 26.3. The molecule has 1 amide bonds. The zero-order chi connectivity index (χ0) is 26.3. The topological polar surface area (TPSA) is 90.0 Å². The van der Waals surface area contributed by atoms with E-state index in [-0.39, 0.29) is 34.3 Å². The molecule has 2 N–H and O–H groups in total. The fourth-order valence-corrected chi connectivity index (χ4v) is 4.93. The zero-order valence-corrected chi connectivity index (χ0v) is 21.4. The van der Waals surface area contributed by atoms with Crippen LogP contribution in [0, 0.1) is 11.6 Å². The van der Waals surface area contributed by atoms with Crippen molar-refractivity contribution >= 4 is 34.2 Å². The molecule has 0 aliphatic carbocycles. The van der Waals surface area contributed by atoms with Gasteiger partial charge in [0, 0.05) is 56.1 Å². The Balaban J connectivity index is 1.49. The Bertz CT molecular complexity index is 1470. The highest BCUT2D eigenvalue weighted by Crippen LogP contribution is 2.34. The van der Waals surface area contributed by atoms with Crippen LogP contribution < -0.4 is 10.2 Å². The number of likely N-dealkylation sites (N-methyl/N-ethyl adjacent to an activating group) is 1. The van der Waals surface area contributed by atoms with Crippen molar-refractivity contribution < 1.29 is 13.6 Å². The molecule has 1 aliphatic heterocycles. The quantitative estimate of drug-likeness (QED) is 0.378. The van der Waals surface area contributed by atoms with Gasteiger partial charge in [-0.15, -0.1) is 0 Å². The van der Waals surface area contributed by atoms with Crippen LogP contribution in [0.2, 0.25) is 5.02 Å². The number of carbonyl (C=O) groups is 1. The molecule has 8 nitrogen and oxygen atoms in total. The summed E-state index contributed by atoms with van der Waals surface area (Å²) in [5.41, 5.74) is 3.62. The van der Waals surface area contributed by atoms with Gasteiger partial charge in [-0.2, -0.15) is 5.10 Å². The Hall–Kier alpha value is -3.63. The van der Waals surface area contributed by atoms with Gasteiger partial charge in [0.05, 0.1) is 33.6 Å². The lowest BCUT2D eigenvalue weighted by Gasteiger charge is -2.43. The van der Waals surface area contributed by atoms with Gasteiger partial charge >= 0.3 is 0 Å². The number of pyridine rings is 2. The molecule has 1 aromatic carbocycles. The number of nitrogens with one attached hydrogen (secondary N) is 2. The minimum atomic E-state index is -0.838. The van der Waals surface area contributed by atoms with Crippen molar-refractivity contribution in [2.75, 3.05) is 31.6 Å². The third kappa shape index (κ3) is 4.74. The summed E-state index contributed by atoms with van der Waals surface area (Å²) >= 11 is 5.90. The average molecular weight is 526 g/mol. The first-order valence-electron chi connectivity index (χ1n) is 11.9. The molecule has 0 saturated carbocycles. The van der Waals surface area contributed by atoms with Crippen molar-refractivity contribution in [3.8, 4) is 22.5 Å². The Kier molecular flexibility index (Phi) is 6.78. The zero-order valence-electron chi connectivity index (χ0n) is 20.6. The van der Waals surface area contributed by atoms with Crippen LogP contribution in [-0.4, -0.2) is 69.7 Å². The number of benzene rings is 1. The predicted molar refractivity (Wildman–Crippen MR) is 139 cm³/mol. The maximum atomic E-state index is 14.6. The summed E-state index contributed by atoms with van der Waals surface area (Å²) in [6.45, 7) is 6.19. The number of aromatic nitrogens is 4. The molecule has 1 saturated heterocycles. The van der Waals surface area contributed by atoms with Gasteiger partial charge in [0.1, 0.15) is 23.4 Å². The predicted octanol–water partition coefficient (Wildman–Crippen LogP) is 4.26. The lowest BCUT2D eigenvalue weighted by Crippen LogP contribution is -2.60. The van der Waals surface area contributed by atoms with Crippen LogP contribution in [0.4, 0.5) is 14.5 Å². The molecule has 0 bridgehead atoms. The van der Waals surface area contributed by atoms with Gasteiger partial charge in [-0.25, -0.2) is 13.8 Å². The molecular formula is C26H26ClF2N7O. The largest absolute Gasteiger partial charge is 0.367 e. The Morgan fingerprint density at radius 3 is 2.70 bits per heavy atom. The molecule has 4 aromatic rings. The van der Waals surface area contributed by atoms with E-state index in [1.807, 2.05) is 12.1 Å². The fourth-order valence-electron chi connectivity index (χ4n) is 4.76. The Morgan fingerprint density at radius 2 is 1.95 bits per heavy atom. The summed E-state index contributed by atoms with van der Waals surface area (Å²) in [5, 5.41) is 9.49. The number of nitrogens with zero attached hydrogens (tertiary/aromatic N) is 5. The van der Waals surface area contributed by atoms with E-state index in [0.29, 0.717) is 28.8 Å². The van der Waals surface area contributed by atoms with E-state index in [2.05, 4.69) is 44.1 Å². The van der Waals surface area contributed by atoms with Crippen molar-refractivity contribution in [2.45, 2.75) is 25.9 Å². The second-order valence-electron chi connectivity index (χ2n) is 9.23. The van der Waals surface area contributed by atoms with Gasteiger partial charge in [0.2, 0.25) is 5.91 Å². The van der Waals surface area contributed by atoms with Crippen LogP contribution in [0.25, 0.3) is 33.5 Å². The standard InChI is InChI=1S/C26H26ClF2N7O/c1-14(2)36-7-6-35(13-24(36)26(37)30-3)15-8-23-22(31-11-15)5-4-21(33-23)17-12-32-34-25(17)16-9-18(27)20(29)10-19(16)28/h4-5,8-12,14,24H,6-7,13H2,1-3H3,(H,30,37)(H,32,34)/t24-/m1/s1. The summed E-state index contributed by atoms with van der Waals surface area (Å²) in [5.74, 6) is -1.63.